The van der Waals surface area contributed by atoms with Crippen LogP contribution in [0.2, 0.25) is 0 Å². The van der Waals surface area contributed by atoms with Gasteiger partial charge in [-0.25, -0.2) is 4.98 Å². The van der Waals surface area contributed by atoms with Crippen LogP contribution in [0.25, 0.3) is 11.0 Å². The zero-order chi connectivity index (χ0) is 13.3. The van der Waals surface area contributed by atoms with Crippen LogP contribution in [0.3, 0.4) is 0 Å². The zero-order valence-electron chi connectivity index (χ0n) is 11.2. The number of rotatable bonds is 3. The van der Waals surface area contributed by atoms with E-state index in [9.17, 15) is 4.79 Å². The summed E-state index contributed by atoms with van der Waals surface area (Å²) in [6, 6.07) is 6.02. The van der Waals surface area contributed by atoms with Crippen molar-refractivity contribution in [2.45, 2.75) is 27.2 Å². The van der Waals surface area contributed by atoms with Crippen LogP contribution >= 0.6 is 0 Å². The van der Waals surface area contributed by atoms with Gasteiger partial charge in [0.1, 0.15) is 5.82 Å². The number of ether oxygens (including phenoxy) is 1. The van der Waals surface area contributed by atoms with Gasteiger partial charge in [-0.05, 0) is 44.9 Å². The van der Waals surface area contributed by atoms with Gasteiger partial charge in [0.05, 0.1) is 23.6 Å². The summed E-state index contributed by atoms with van der Waals surface area (Å²) in [7, 11) is 1.42. The first-order chi connectivity index (χ1) is 8.42. The molecular formula is C14H18N2O2. The highest BCUT2D eigenvalue weighted by Crippen LogP contribution is 2.25. The lowest BCUT2D eigenvalue weighted by Gasteiger charge is -2.21. The van der Waals surface area contributed by atoms with E-state index in [0.29, 0.717) is 6.42 Å². The van der Waals surface area contributed by atoms with Crippen molar-refractivity contribution in [1.29, 1.82) is 0 Å². The summed E-state index contributed by atoms with van der Waals surface area (Å²) in [5.41, 5.74) is 2.54. The molecule has 4 heteroatoms. The maximum atomic E-state index is 11.7. The molecule has 1 aromatic heterocycles. The maximum Gasteiger partial charge on any atom is 0.311 e. The van der Waals surface area contributed by atoms with E-state index in [0.717, 1.165) is 22.4 Å². The van der Waals surface area contributed by atoms with Gasteiger partial charge in [0.15, 0.2) is 0 Å². The lowest BCUT2D eigenvalue weighted by Crippen LogP contribution is -2.27. The highest BCUT2D eigenvalue weighted by molar-refractivity contribution is 5.78. The first-order valence-electron chi connectivity index (χ1n) is 5.96. The van der Waals surface area contributed by atoms with Gasteiger partial charge < -0.3 is 9.72 Å². The Kier molecular flexibility index (Phi) is 3.11. The summed E-state index contributed by atoms with van der Waals surface area (Å²) in [6.07, 6.45) is 0.647. The highest BCUT2D eigenvalue weighted by atomic mass is 16.5. The Labute approximate surface area is 106 Å². The Balaban J connectivity index is 2.29. The molecule has 2 rings (SSSR count). The number of H-pyrrole nitrogens is 1. The molecule has 0 aliphatic carbocycles. The van der Waals surface area contributed by atoms with Crippen molar-refractivity contribution in [2.24, 2.45) is 5.41 Å². The van der Waals surface area contributed by atoms with E-state index in [-0.39, 0.29) is 5.97 Å². The topological polar surface area (TPSA) is 55.0 Å². The van der Waals surface area contributed by atoms with Gasteiger partial charge in [-0.15, -0.1) is 0 Å². The van der Waals surface area contributed by atoms with E-state index >= 15 is 0 Å². The number of aromatic nitrogens is 2. The third-order valence-electron chi connectivity index (χ3n) is 3.05. The number of nitrogens with zero attached hydrogens (tertiary/aromatic N) is 1. The number of hydrogen-bond donors (Lipinski definition) is 1. The molecule has 1 aromatic carbocycles. The molecular weight excluding hydrogens is 228 g/mol. The van der Waals surface area contributed by atoms with Crippen molar-refractivity contribution in [2.75, 3.05) is 7.11 Å². The van der Waals surface area contributed by atoms with Crippen LogP contribution in [0.4, 0.5) is 0 Å². The molecule has 0 amide bonds. The quantitative estimate of drug-likeness (QED) is 0.847. The minimum Gasteiger partial charge on any atom is -0.469 e. The van der Waals surface area contributed by atoms with Gasteiger partial charge in [0.2, 0.25) is 0 Å². The fourth-order valence-electron chi connectivity index (χ4n) is 2.15. The standard InChI is InChI=1S/C14H18N2O2/c1-9-15-11-6-5-10(7-12(11)16-9)8-14(2,3)13(17)18-4/h5-7H,8H2,1-4H3,(H,15,16). The third kappa shape index (κ3) is 2.37. The Bertz CT molecular complexity index is 584. The van der Waals surface area contributed by atoms with Crippen molar-refractivity contribution in [3.05, 3.63) is 29.6 Å². The molecule has 0 aliphatic heterocycles. The molecule has 1 heterocycles. The number of fused-ring (bicyclic) bond motifs is 1. The van der Waals surface area contributed by atoms with Crippen molar-refractivity contribution in [3.8, 4) is 0 Å². The minimum atomic E-state index is -0.516. The van der Waals surface area contributed by atoms with Gasteiger partial charge in [0.25, 0.3) is 0 Å². The number of nitrogens with one attached hydrogen (secondary N) is 1. The molecule has 2 aromatic rings. The summed E-state index contributed by atoms with van der Waals surface area (Å²) in [6.45, 7) is 5.71. The van der Waals surface area contributed by atoms with Crippen LogP contribution in [0.5, 0.6) is 0 Å². The Morgan fingerprint density at radius 1 is 1.44 bits per heavy atom. The van der Waals surface area contributed by atoms with Crippen LogP contribution in [0.1, 0.15) is 25.2 Å². The van der Waals surface area contributed by atoms with Crippen molar-refractivity contribution < 1.29 is 9.53 Å². The molecule has 0 aliphatic rings. The Morgan fingerprint density at radius 2 is 2.17 bits per heavy atom. The average molecular weight is 246 g/mol. The molecule has 1 N–H and O–H groups in total. The molecule has 18 heavy (non-hydrogen) atoms. The van der Waals surface area contributed by atoms with Crippen molar-refractivity contribution >= 4 is 17.0 Å². The second-order valence-electron chi connectivity index (χ2n) is 5.23. The first-order valence-corrected chi connectivity index (χ1v) is 5.96. The number of benzene rings is 1. The van der Waals surface area contributed by atoms with Crippen LogP contribution in [-0.4, -0.2) is 23.0 Å². The molecule has 0 atom stereocenters. The predicted molar refractivity (Wildman–Crippen MR) is 70.3 cm³/mol. The van der Waals surface area contributed by atoms with E-state index in [1.54, 1.807) is 0 Å². The molecule has 0 radical (unpaired) electrons. The van der Waals surface area contributed by atoms with E-state index in [1.165, 1.54) is 7.11 Å². The number of methoxy groups -OCH3 is 1. The Hall–Kier alpha value is -1.84. The Morgan fingerprint density at radius 3 is 2.83 bits per heavy atom. The zero-order valence-corrected chi connectivity index (χ0v) is 11.2. The maximum absolute atomic E-state index is 11.7. The number of esters is 1. The molecule has 0 bridgehead atoms. The third-order valence-corrected chi connectivity index (χ3v) is 3.05. The first kappa shape index (κ1) is 12.6. The van der Waals surface area contributed by atoms with Gasteiger partial charge in [-0.1, -0.05) is 6.07 Å². The molecule has 4 nitrogen and oxygen atoms in total. The van der Waals surface area contributed by atoms with E-state index in [1.807, 2.05) is 39.0 Å². The second-order valence-corrected chi connectivity index (χ2v) is 5.23. The molecule has 0 fully saturated rings. The van der Waals surface area contributed by atoms with E-state index in [2.05, 4.69) is 9.97 Å². The fourth-order valence-corrected chi connectivity index (χ4v) is 2.15. The smallest absolute Gasteiger partial charge is 0.311 e. The predicted octanol–water partition coefficient (Wildman–Crippen LogP) is 2.61. The van der Waals surface area contributed by atoms with Crippen LogP contribution in [-0.2, 0) is 16.0 Å². The van der Waals surface area contributed by atoms with Crippen LogP contribution < -0.4 is 0 Å². The fraction of sp³-hybridized carbons (Fsp3) is 0.429. The lowest BCUT2D eigenvalue weighted by atomic mass is 9.86. The molecule has 0 saturated carbocycles. The number of imidazole rings is 1. The summed E-state index contributed by atoms with van der Waals surface area (Å²) in [5.74, 6) is 0.706. The largest absolute Gasteiger partial charge is 0.469 e. The lowest BCUT2D eigenvalue weighted by molar-refractivity contribution is -0.150. The van der Waals surface area contributed by atoms with Gasteiger partial charge in [0, 0.05) is 0 Å². The van der Waals surface area contributed by atoms with Gasteiger partial charge in [-0.2, -0.15) is 0 Å². The van der Waals surface area contributed by atoms with Crippen molar-refractivity contribution in [1.82, 2.24) is 9.97 Å². The second kappa shape index (κ2) is 4.44. The summed E-state index contributed by atoms with van der Waals surface area (Å²) >= 11 is 0. The molecule has 96 valence electrons. The van der Waals surface area contributed by atoms with Crippen LogP contribution in [0, 0.1) is 12.3 Å². The van der Waals surface area contributed by atoms with Gasteiger partial charge in [-0.3, -0.25) is 4.79 Å². The number of hydrogen-bond acceptors (Lipinski definition) is 3. The van der Waals surface area contributed by atoms with Crippen LogP contribution in [0.15, 0.2) is 18.2 Å². The number of carbonyl (C=O) groups excluding carboxylic acids is 1. The van der Waals surface area contributed by atoms with E-state index in [4.69, 9.17) is 4.74 Å². The summed E-state index contributed by atoms with van der Waals surface area (Å²) < 4.78 is 4.82. The number of carbonyl (C=O) groups is 1. The number of aromatic amines is 1. The SMILES string of the molecule is COC(=O)C(C)(C)Cc1ccc2nc(C)[nH]c2c1. The molecule has 0 saturated heterocycles. The number of aryl methyl sites for hydroxylation is 1. The minimum absolute atomic E-state index is 0.191. The van der Waals surface area contributed by atoms with Crippen molar-refractivity contribution in [3.63, 3.8) is 0 Å². The summed E-state index contributed by atoms with van der Waals surface area (Å²) in [4.78, 5) is 19.2. The normalized spacial score (nSPS) is 11.8. The van der Waals surface area contributed by atoms with Gasteiger partial charge >= 0.3 is 5.97 Å². The summed E-state index contributed by atoms with van der Waals surface area (Å²) in [5, 5.41) is 0. The highest BCUT2D eigenvalue weighted by Gasteiger charge is 2.28. The monoisotopic (exact) mass is 246 g/mol. The molecule has 0 unspecified atom stereocenters. The van der Waals surface area contributed by atoms with E-state index < -0.39 is 5.41 Å². The molecule has 0 spiro atoms. The average Bonchev–Trinajstić information content (AvgIpc) is 2.66.